The summed E-state index contributed by atoms with van der Waals surface area (Å²) in [6, 6.07) is 16.3. The van der Waals surface area contributed by atoms with E-state index in [1.807, 2.05) is 24.3 Å². The molecule has 0 saturated carbocycles. The zero-order chi connectivity index (χ0) is 15.8. The molecule has 0 aliphatic heterocycles. The second-order valence-corrected chi connectivity index (χ2v) is 5.52. The number of rotatable bonds is 7. The Bertz CT molecular complexity index is 622. The maximum Gasteiger partial charge on any atom is 0.224 e. The minimum atomic E-state index is 0.0575. The summed E-state index contributed by atoms with van der Waals surface area (Å²) in [7, 11) is 0. The molecule has 2 aromatic carbocycles. The van der Waals surface area contributed by atoms with Crippen molar-refractivity contribution in [2.24, 2.45) is 0 Å². The van der Waals surface area contributed by atoms with Crippen molar-refractivity contribution in [1.82, 2.24) is 5.32 Å². The number of benzene rings is 2. The van der Waals surface area contributed by atoms with Crippen LogP contribution in [-0.2, 0) is 17.8 Å². The van der Waals surface area contributed by atoms with Crippen LogP contribution in [0.1, 0.15) is 30.0 Å². The van der Waals surface area contributed by atoms with Gasteiger partial charge in [0.05, 0.1) is 0 Å². The lowest BCUT2D eigenvalue weighted by atomic mass is 10.1. The van der Waals surface area contributed by atoms with Gasteiger partial charge in [0.25, 0.3) is 0 Å². The van der Waals surface area contributed by atoms with Crippen molar-refractivity contribution in [2.75, 3.05) is 11.9 Å². The van der Waals surface area contributed by atoms with Gasteiger partial charge in [0.15, 0.2) is 0 Å². The highest BCUT2D eigenvalue weighted by Crippen LogP contribution is 2.12. The molecule has 1 amide bonds. The Labute approximate surface area is 132 Å². The van der Waals surface area contributed by atoms with Crippen LogP contribution in [0.15, 0.2) is 48.5 Å². The molecule has 0 heterocycles. The van der Waals surface area contributed by atoms with Gasteiger partial charge < -0.3 is 10.6 Å². The maximum atomic E-state index is 12.1. The third-order valence-corrected chi connectivity index (χ3v) is 3.51. The molecular weight excluding hydrogens is 272 g/mol. The van der Waals surface area contributed by atoms with Crippen molar-refractivity contribution < 1.29 is 4.79 Å². The van der Waals surface area contributed by atoms with E-state index in [9.17, 15) is 4.79 Å². The van der Waals surface area contributed by atoms with Crippen LogP contribution in [-0.4, -0.2) is 12.5 Å². The Kier molecular flexibility index (Phi) is 6.16. The second-order valence-electron chi connectivity index (χ2n) is 5.52. The average Bonchev–Trinajstić information content (AvgIpc) is 2.51. The standard InChI is InChI=1S/C19H24N2O/c1-3-20-14-17-8-5-9-18(13-17)21-19(22)11-10-16-7-4-6-15(2)12-16/h4-9,12-13,20H,3,10-11,14H2,1-2H3,(H,21,22). The molecule has 116 valence electrons. The summed E-state index contributed by atoms with van der Waals surface area (Å²) in [4.78, 5) is 12.1. The fraction of sp³-hybridized carbons (Fsp3) is 0.316. The minimum Gasteiger partial charge on any atom is -0.326 e. The first kappa shape index (κ1) is 16.2. The molecule has 0 spiro atoms. The number of anilines is 1. The predicted octanol–water partition coefficient (Wildman–Crippen LogP) is 3.68. The lowest BCUT2D eigenvalue weighted by molar-refractivity contribution is -0.116. The van der Waals surface area contributed by atoms with Gasteiger partial charge in [-0.3, -0.25) is 4.79 Å². The molecule has 2 rings (SSSR count). The molecule has 0 unspecified atom stereocenters. The molecule has 22 heavy (non-hydrogen) atoms. The molecule has 0 fully saturated rings. The molecule has 3 nitrogen and oxygen atoms in total. The van der Waals surface area contributed by atoms with Crippen molar-refractivity contribution in [1.29, 1.82) is 0 Å². The van der Waals surface area contributed by atoms with E-state index in [0.717, 1.165) is 25.2 Å². The number of amides is 1. The van der Waals surface area contributed by atoms with Crippen LogP contribution in [0.25, 0.3) is 0 Å². The first-order valence-corrected chi connectivity index (χ1v) is 7.82. The van der Waals surface area contributed by atoms with Crippen molar-refractivity contribution >= 4 is 11.6 Å². The highest BCUT2D eigenvalue weighted by molar-refractivity contribution is 5.90. The van der Waals surface area contributed by atoms with Crippen LogP contribution in [0.3, 0.4) is 0 Å². The quantitative estimate of drug-likeness (QED) is 0.818. The van der Waals surface area contributed by atoms with Crippen molar-refractivity contribution in [3.05, 3.63) is 65.2 Å². The molecule has 0 atom stereocenters. The Morgan fingerprint density at radius 1 is 1.05 bits per heavy atom. The summed E-state index contributed by atoms with van der Waals surface area (Å²) in [6.45, 7) is 5.91. The Morgan fingerprint density at radius 3 is 2.59 bits per heavy atom. The predicted molar refractivity (Wildman–Crippen MR) is 92.0 cm³/mol. The Hall–Kier alpha value is -2.13. The first-order chi connectivity index (χ1) is 10.7. The number of nitrogens with one attached hydrogen (secondary N) is 2. The normalized spacial score (nSPS) is 10.5. The van der Waals surface area contributed by atoms with Crippen molar-refractivity contribution in [3.63, 3.8) is 0 Å². The highest BCUT2D eigenvalue weighted by atomic mass is 16.1. The molecule has 0 aliphatic rings. The fourth-order valence-electron chi connectivity index (χ4n) is 2.38. The topological polar surface area (TPSA) is 41.1 Å². The van der Waals surface area contributed by atoms with Crippen LogP contribution in [0.2, 0.25) is 0 Å². The first-order valence-electron chi connectivity index (χ1n) is 7.82. The lowest BCUT2D eigenvalue weighted by Gasteiger charge is -2.08. The highest BCUT2D eigenvalue weighted by Gasteiger charge is 2.04. The molecule has 2 N–H and O–H groups in total. The average molecular weight is 296 g/mol. The van der Waals surface area contributed by atoms with Gasteiger partial charge in [-0.15, -0.1) is 0 Å². The van der Waals surface area contributed by atoms with E-state index in [4.69, 9.17) is 0 Å². The van der Waals surface area contributed by atoms with Gasteiger partial charge in [0, 0.05) is 18.7 Å². The van der Waals surface area contributed by atoms with Crippen molar-refractivity contribution in [2.45, 2.75) is 33.2 Å². The smallest absolute Gasteiger partial charge is 0.224 e. The van der Waals surface area contributed by atoms with E-state index in [1.54, 1.807) is 0 Å². The zero-order valence-electron chi connectivity index (χ0n) is 13.4. The fourth-order valence-corrected chi connectivity index (χ4v) is 2.38. The number of hydrogen-bond acceptors (Lipinski definition) is 2. The molecule has 0 aromatic heterocycles. The van der Waals surface area contributed by atoms with E-state index >= 15 is 0 Å². The van der Waals surface area contributed by atoms with Crippen LogP contribution in [0.5, 0.6) is 0 Å². The van der Waals surface area contributed by atoms with Crippen LogP contribution in [0, 0.1) is 6.92 Å². The summed E-state index contributed by atoms with van der Waals surface area (Å²) >= 11 is 0. The molecule has 0 saturated heterocycles. The largest absolute Gasteiger partial charge is 0.326 e. The van der Waals surface area contributed by atoms with Gasteiger partial charge >= 0.3 is 0 Å². The van der Waals surface area contributed by atoms with Gasteiger partial charge in [-0.1, -0.05) is 48.9 Å². The van der Waals surface area contributed by atoms with Crippen LogP contribution in [0.4, 0.5) is 5.69 Å². The SMILES string of the molecule is CCNCc1cccc(NC(=O)CCc2cccc(C)c2)c1. The minimum absolute atomic E-state index is 0.0575. The Morgan fingerprint density at radius 2 is 1.82 bits per heavy atom. The van der Waals surface area contributed by atoms with E-state index in [1.165, 1.54) is 16.7 Å². The molecule has 2 aromatic rings. The van der Waals surface area contributed by atoms with E-state index in [0.29, 0.717) is 6.42 Å². The number of hydrogen-bond donors (Lipinski definition) is 2. The van der Waals surface area contributed by atoms with Gasteiger partial charge in [0.2, 0.25) is 5.91 Å². The molecule has 0 radical (unpaired) electrons. The lowest BCUT2D eigenvalue weighted by Crippen LogP contribution is -2.14. The maximum absolute atomic E-state index is 12.1. The molecule has 0 aliphatic carbocycles. The van der Waals surface area contributed by atoms with Gasteiger partial charge in [-0.25, -0.2) is 0 Å². The van der Waals surface area contributed by atoms with Gasteiger partial charge in [-0.05, 0) is 43.1 Å². The van der Waals surface area contributed by atoms with Gasteiger partial charge in [0.1, 0.15) is 0 Å². The summed E-state index contributed by atoms with van der Waals surface area (Å²) in [5, 5.41) is 6.26. The van der Waals surface area contributed by atoms with Crippen LogP contribution >= 0.6 is 0 Å². The van der Waals surface area contributed by atoms with Crippen molar-refractivity contribution in [3.8, 4) is 0 Å². The van der Waals surface area contributed by atoms with E-state index in [-0.39, 0.29) is 5.91 Å². The third-order valence-electron chi connectivity index (χ3n) is 3.51. The number of carbonyl (C=O) groups is 1. The van der Waals surface area contributed by atoms with Crippen LogP contribution < -0.4 is 10.6 Å². The second kappa shape index (κ2) is 8.35. The van der Waals surface area contributed by atoms with E-state index < -0.39 is 0 Å². The molecular formula is C19H24N2O. The number of carbonyl (C=O) groups excluding carboxylic acids is 1. The Balaban J connectivity index is 1.86. The number of aryl methyl sites for hydroxylation is 2. The summed E-state index contributed by atoms with van der Waals surface area (Å²) < 4.78 is 0. The summed E-state index contributed by atoms with van der Waals surface area (Å²) in [5.74, 6) is 0.0575. The third kappa shape index (κ3) is 5.34. The van der Waals surface area contributed by atoms with E-state index in [2.05, 4.69) is 48.7 Å². The van der Waals surface area contributed by atoms with Gasteiger partial charge in [-0.2, -0.15) is 0 Å². The zero-order valence-corrected chi connectivity index (χ0v) is 13.4. The molecule has 3 heteroatoms. The summed E-state index contributed by atoms with van der Waals surface area (Å²) in [5.41, 5.74) is 4.48. The summed E-state index contributed by atoms with van der Waals surface area (Å²) in [6.07, 6.45) is 1.27. The monoisotopic (exact) mass is 296 g/mol. The molecule has 0 bridgehead atoms.